The third kappa shape index (κ3) is 1.87. The Kier molecular flexibility index (Phi) is 2.82. The summed E-state index contributed by atoms with van der Waals surface area (Å²) in [5.74, 6) is -0.976. The number of cyclic esters (lactones) is 2. The van der Waals surface area contributed by atoms with Crippen LogP contribution in [-0.2, 0) is 19.1 Å². The summed E-state index contributed by atoms with van der Waals surface area (Å²) >= 11 is 0. The summed E-state index contributed by atoms with van der Waals surface area (Å²) < 4.78 is 14.4. The van der Waals surface area contributed by atoms with Crippen molar-refractivity contribution >= 4 is 17.5 Å². The van der Waals surface area contributed by atoms with Gasteiger partial charge < -0.3 is 14.2 Å². The third-order valence-electron chi connectivity index (χ3n) is 2.36. The summed E-state index contributed by atoms with van der Waals surface area (Å²) in [6.07, 6.45) is 0. The van der Waals surface area contributed by atoms with Crippen molar-refractivity contribution in [1.82, 2.24) is 0 Å². The number of carbonyl (C=O) groups excluding carboxylic acids is 2. The summed E-state index contributed by atoms with van der Waals surface area (Å²) in [7, 11) is 2.83. The molecular formula is C12H10O5. The Morgan fingerprint density at radius 3 is 2.47 bits per heavy atom. The summed E-state index contributed by atoms with van der Waals surface area (Å²) in [6, 6.07) is 6.76. The SMILES string of the molecule is COC1=C(c2cccc(OC)c2)C(=O)OC1=O. The highest BCUT2D eigenvalue weighted by Crippen LogP contribution is 2.29. The molecule has 0 spiro atoms. The van der Waals surface area contributed by atoms with Gasteiger partial charge in [-0.3, -0.25) is 0 Å². The van der Waals surface area contributed by atoms with Gasteiger partial charge in [0.05, 0.1) is 14.2 Å². The molecule has 0 radical (unpaired) electrons. The molecule has 0 saturated carbocycles. The Labute approximate surface area is 97.6 Å². The van der Waals surface area contributed by atoms with Crippen molar-refractivity contribution in [2.75, 3.05) is 14.2 Å². The Balaban J connectivity index is 2.54. The van der Waals surface area contributed by atoms with Crippen LogP contribution in [0.1, 0.15) is 5.56 Å². The smallest absolute Gasteiger partial charge is 0.382 e. The number of esters is 2. The molecule has 2 rings (SSSR count). The molecule has 0 bridgehead atoms. The van der Waals surface area contributed by atoms with Crippen LogP contribution in [0.25, 0.3) is 5.57 Å². The van der Waals surface area contributed by atoms with Gasteiger partial charge in [-0.2, -0.15) is 0 Å². The molecule has 0 amide bonds. The van der Waals surface area contributed by atoms with Crippen molar-refractivity contribution in [1.29, 1.82) is 0 Å². The quantitative estimate of drug-likeness (QED) is 0.579. The highest BCUT2D eigenvalue weighted by Gasteiger charge is 2.35. The maximum atomic E-state index is 11.5. The molecular weight excluding hydrogens is 224 g/mol. The molecule has 1 aromatic carbocycles. The first-order chi connectivity index (χ1) is 8.17. The molecule has 0 atom stereocenters. The fraction of sp³-hybridized carbons (Fsp3) is 0.167. The molecule has 0 fully saturated rings. The summed E-state index contributed by atoms with van der Waals surface area (Å²) in [6.45, 7) is 0. The molecule has 88 valence electrons. The van der Waals surface area contributed by atoms with E-state index in [1.54, 1.807) is 24.3 Å². The van der Waals surface area contributed by atoms with E-state index in [1.165, 1.54) is 14.2 Å². The van der Waals surface area contributed by atoms with Gasteiger partial charge in [0.15, 0.2) is 0 Å². The monoisotopic (exact) mass is 234 g/mol. The van der Waals surface area contributed by atoms with Crippen molar-refractivity contribution in [3.05, 3.63) is 35.6 Å². The predicted molar refractivity (Wildman–Crippen MR) is 58.0 cm³/mol. The van der Waals surface area contributed by atoms with Crippen LogP contribution in [0.5, 0.6) is 5.75 Å². The minimum Gasteiger partial charge on any atom is -0.497 e. The standard InChI is InChI=1S/C12H10O5/c1-15-8-5-3-4-7(6-8)9-10(16-2)12(14)17-11(9)13/h3-6H,1-2H3. The van der Waals surface area contributed by atoms with Crippen LogP contribution in [0.3, 0.4) is 0 Å². The van der Waals surface area contributed by atoms with Gasteiger partial charge in [0.1, 0.15) is 11.3 Å². The molecule has 0 aliphatic carbocycles. The van der Waals surface area contributed by atoms with E-state index < -0.39 is 11.9 Å². The fourth-order valence-corrected chi connectivity index (χ4v) is 1.59. The van der Waals surface area contributed by atoms with Gasteiger partial charge in [0.2, 0.25) is 5.76 Å². The molecule has 5 heteroatoms. The van der Waals surface area contributed by atoms with Crippen LogP contribution in [-0.4, -0.2) is 26.2 Å². The zero-order valence-electron chi connectivity index (χ0n) is 9.35. The van der Waals surface area contributed by atoms with Crippen LogP contribution < -0.4 is 4.74 Å². The Hall–Kier alpha value is -2.30. The molecule has 1 aromatic rings. The van der Waals surface area contributed by atoms with E-state index in [2.05, 4.69) is 4.74 Å². The molecule has 1 aliphatic heterocycles. The third-order valence-corrected chi connectivity index (χ3v) is 2.36. The zero-order chi connectivity index (χ0) is 12.4. The lowest BCUT2D eigenvalue weighted by Gasteiger charge is -2.04. The fourth-order valence-electron chi connectivity index (χ4n) is 1.59. The average Bonchev–Trinajstić information content (AvgIpc) is 2.63. The molecule has 0 N–H and O–H groups in total. The number of hydrogen-bond acceptors (Lipinski definition) is 5. The van der Waals surface area contributed by atoms with Crippen molar-refractivity contribution < 1.29 is 23.8 Å². The minimum atomic E-state index is -0.768. The van der Waals surface area contributed by atoms with E-state index in [0.29, 0.717) is 11.3 Å². The molecule has 17 heavy (non-hydrogen) atoms. The van der Waals surface area contributed by atoms with Crippen LogP contribution in [0, 0.1) is 0 Å². The van der Waals surface area contributed by atoms with E-state index in [0.717, 1.165) is 0 Å². The molecule has 5 nitrogen and oxygen atoms in total. The number of carbonyl (C=O) groups is 2. The first-order valence-corrected chi connectivity index (χ1v) is 4.86. The molecule has 0 unspecified atom stereocenters. The maximum Gasteiger partial charge on any atom is 0.382 e. The second-order valence-corrected chi connectivity index (χ2v) is 3.32. The van der Waals surface area contributed by atoms with Gasteiger partial charge in [0, 0.05) is 0 Å². The highest BCUT2D eigenvalue weighted by molar-refractivity contribution is 6.30. The van der Waals surface area contributed by atoms with Crippen molar-refractivity contribution in [2.24, 2.45) is 0 Å². The maximum absolute atomic E-state index is 11.5. The van der Waals surface area contributed by atoms with E-state index in [9.17, 15) is 9.59 Å². The number of methoxy groups -OCH3 is 2. The van der Waals surface area contributed by atoms with E-state index in [-0.39, 0.29) is 11.3 Å². The van der Waals surface area contributed by atoms with Gasteiger partial charge in [-0.15, -0.1) is 0 Å². The number of rotatable bonds is 3. The normalized spacial score (nSPS) is 14.9. The lowest BCUT2D eigenvalue weighted by molar-refractivity contribution is -0.151. The minimum absolute atomic E-state index is 0.0803. The highest BCUT2D eigenvalue weighted by atomic mass is 16.6. The lowest BCUT2D eigenvalue weighted by atomic mass is 10.1. The Morgan fingerprint density at radius 1 is 1.06 bits per heavy atom. The van der Waals surface area contributed by atoms with E-state index in [1.807, 2.05) is 0 Å². The number of benzene rings is 1. The van der Waals surface area contributed by atoms with Crippen molar-refractivity contribution in [2.45, 2.75) is 0 Å². The second-order valence-electron chi connectivity index (χ2n) is 3.32. The number of ether oxygens (including phenoxy) is 3. The van der Waals surface area contributed by atoms with E-state index in [4.69, 9.17) is 9.47 Å². The van der Waals surface area contributed by atoms with Gasteiger partial charge in [-0.05, 0) is 17.7 Å². The Bertz CT molecular complexity index is 515. The summed E-state index contributed by atoms with van der Waals surface area (Å²) in [4.78, 5) is 22.8. The van der Waals surface area contributed by atoms with Crippen LogP contribution >= 0.6 is 0 Å². The van der Waals surface area contributed by atoms with Crippen LogP contribution in [0.15, 0.2) is 30.0 Å². The van der Waals surface area contributed by atoms with Gasteiger partial charge >= 0.3 is 11.9 Å². The first kappa shape index (κ1) is 11.2. The van der Waals surface area contributed by atoms with Crippen LogP contribution in [0.2, 0.25) is 0 Å². The van der Waals surface area contributed by atoms with Crippen molar-refractivity contribution in [3.8, 4) is 5.75 Å². The van der Waals surface area contributed by atoms with Gasteiger partial charge in [0.25, 0.3) is 0 Å². The molecule has 1 aliphatic rings. The van der Waals surface area contributed by atoms with Crippen molar-refractivity contribution in [3.63, 3.8) is 0 Å². The Morgan fingerprint density at radius 2 is 1.82 bits per heavy atom. The van der Waals surface area contributed by atoms with E-state index >= 15 is 0 Å². The topological polar surface area (TPSA) is 61.8 Å². The van der Waals surface area contributed by atoms with Gasteiger partial charge in [-0.1, -0.05) is 12.1 Å². The van der Waals surface area contributed by atoms with Gasteiger partial charge in [-0.25, -0.2) is 9.59 Å². The predicted octanol–water partition coefficient (Wildman–Crippen LogP) is 1.14. The lowest BCUT2D eigenvalue weighted by Crippen LogP contribution is -2.02. The summed E-state index contributed by atoms with van der Waals surface area (Å²) in [5, 5.41) is 0. The largest absolute Gasteiger partial charge is 0.497 e. The molecule has 0 aromatic heterocycles. The summed E-state index contributed by atoms with van der Waals surface area (Å²) in [5.41, 5.74) is 0.647. The zero-order valence-corrected chi connectivity index (χ0v) is 9.35. The second kappa shape index (κ2) is 4.29. The van der Waals surface area contributed by atoms with Crippen LogP contribution in [0.4, 0.5) is 0 Å². The molecule has 0 saturated heterocycles. The average molecular weight is 234 g/mol. The number of hydrogen-bond donors (Lipinski definition) is 0. The first-order valence-electron chi connectivity index (χ1n) is 4.86. The molecule has 1 heterocycles.